The van der Waals surface area contributed by atoms with Crippen LogP contribution in [-0.2, 0) is 6.42 Å². The van der Waals surface area contributed by atoms with Gasteiger partial charge in [0.05, 0.1) is 0 Å². The van der Waals surface area contributed by atoms with Crippen LogP contribution in [0.15, 0.2) is 6.33 Å². The molecular weight excluding hydrogens is 240 g/mol. The van der Waals surface area contributed by atoms with E-state index in [-0.39, 0.29) is 0 Å². The van der Waals surface area contributed by atoms with Crippen molar-refractivity contribution < 1.29 is 0 Å². The van der Waals surface area contributed by atoms with Gasteiger partial charge in [0.25, 0.3) is 0 Å². The van der Waals surface area contributed by atoms with E-state index in [0.29, 0.717) is 5.82 Å². The van der Waals surface area contributed by atoms with Crippen molar-refractivity contribution in [3.63, 3.8) is 0 Å². The molecular formula is C13H24N6. The maximum Gasteiger partial charge on any atom is 0.148 e. The van der Waals surface area contributed by atoms with Crippen molar-refractivity contribution in [2.75, 3.05) is 36.9 Å². The van der Waals surface area contributed by atoms with Gasteiger partial charge in [-0.25, -0.2) is 15.8 Å². The highest BCUT2D eigenvalue weighted by molar-refractivity contribution is 5.56. The van der Waals surface area contributed by atoms with E-state index in [4.69, 9.17) is 5.84 Å². The summed E-state index contributed by atoms with van der Waals surface area (Å²) >= 11 is 0. The van der Waals surface area contributed by atoms with Crippen LogP contribution in [-0.4, -0.2) is 41.0 Å². The fourth-order valence-corrected chi connectivity index (χ4v) is 2.54. The molecule has 0 unspecified atom stereocenters. The minimum atomic E-state index is 0.706. The first-order valence-electron chi connectivity index (χ1n) is 7.12. The van der Waals surface area contributed by atoms with Gasteiger partial charge < -0.3 is 15.6 Å². The Bertz CT molecular complexity index is 389. The number of nitrogens with two attached hydrogens (primary N) is 1. The first-order chi connectivity index (χ1) is 9.35. The fraction of sp³-hybridized carbons (Fsp3) is 0.692. The Hall–Kier alpha value is -1.40. The molecule has 0 spiro atoms. The normalized spacial score (nSPS) is 16.3. The monoisotopic (exact) mass is 264 g/mol. The van der Waals surface area contributed by atoms with Crippen molar-refractivity contribution in [3.05, 3.63) is 11.9 Å². The molecule has 0 bridgehead atoms. The van der Waals surface area contributed by atoms with Gasteiger partial charge in [-0.3, -0.25) is 0 Å². The quantitative estimate of drug-likeness (QED) is 0.529. The number of likely N-dealkylation sites (tertiary alicyclic amines) is 1. The lowest BCUT2D eigenvalue weighted by molar-refractivity contribution is 0.237. The SMILES string of the molecule is CCc1c(NN)ncnc1NCCN1CCCCC1. The minimum absolute atomic E-state index is 0.706. The van der Waals surface area contributed by atoms with Gasteiger partial charge in [0.15, 0.2) is 0 Å². The van der Waals surface area contributed by atoms with Gasteiger partial charge in [-0.1, -0.05) is 13.3 Å². The Kier molecular flexibility index (Phi) is 5.35. The van der Waals surface area contributed by atoms with E-state index in [1.165, 1.54) is 38.7 Å². The lowest BCUT2D eigenvalue weighted by Gasteiger charge is -2.26. The molecule has 0 aliphatic carbocycles. The number of nitrogens with zero attached hydrogens (tertiary/aromatic N) is 3. The number of piperidine rings is 1. The smallest absolute Gasteiger partial charge is 0.148 e. The van der Waals surface area contributed by atoms with Crippen LogP contribution in [0.1, 0.15) is 31.7 Å². The van der Waals surface area contributed by atoms with Crippen LogP contribution in [0.5, 0.6) is 0 Å². The summed E-state index contributed by atoms with van der Waals surface area (Å²) in [5.41, 5.74) is 3.67. The highest BCUT2D eigenvalue weighted by atomic mass is 15.3. The minimum Gasteiger partial charge on any atom is -0.368 e. The summed E-state index contributed by atoms with van der Waals surface area (Å²) in [6, 6.07) is 0. The molecule has 106 valence electrons. The number of hydrogen-bond donors (Lipinski definition) is 3. The summed E-state index contributed by atoms with van der Waals surface area (Å²) < 4.78 is 0. The van der Waals surface area contributed by atoms with Crippen molar-refractivity contribution in [1.29, 1.82) is 0 Å². The third-order valence-electron chi connectivity index (χ3n) is 3.60. The molecule has 1 aromatic heterocycles. The summed E-state index contributed by atoms with van der Waals surface area (Å²) in [7, 11) is 0. The van der Waals surface area contributed by atoms with Gasteiger partial charge in [0, 0.05) is 18.7 Å². The Morgan fingerprint density at radius 2 is 1.95 bits per heavy atom. The van der Waals surface area contributed by atoms with E-state index < -0.39 is 0 Å². The Morgan fingerprint density at radius 3 is 2.63 bits per heavy atom. The Morgan fingerprint density at radius 1 is 1.21 bits per heavy atom. The predicted octanol–water partition coefficient (Wildman–Crippen LogP) is 1.22. The number of nitrogen functional groups attached to an aromatic ring is 1. The lowest BCUT2D eigenvalue weighted by atomic mass is 10.1. The fourth-order valence-electron chi connectivity index (χ4n) is 2.54. The van der Waals surface area contributed by atoms with Crippen LogP contribution >= 0.6 is 0 Å². The number of rotatable bonds is 6. The highest BCUT2D eigenvalue weighted by Crippen LogP contribution is 2.19. The van der Waals surface area contributed by atoms with Gasteiger partial charge in [-0.2, -0.15) is 0 Å². The number of hydrogen-bond acceptors (Lipinski definition) is 6. The van der Waals surface area contributed by atoms with E-state index in [9.17, 15) is 0 Å². The lowest BCUT2D eigenvalue weighted by Crippen LogP contribution is -2.34. The van der Waals surface area contributed by atoms with Crippen molar-refractivity contribution >= 4 is 11.6 Å². The van der Waals surface area contributed by atoms with Crippen LogP contribution in [0.4, 0.5) is 11.6 Å². The van der Waals surface area contributed by atoms with Crippen LogP contribution < -0.4 is 16.6 Å². The zero-order chi connectivity index (χ0) is 13.5. The van der Waals surface area contributed by atoms with Gasteiger partial charge >= 0.3 is 0 Å². The topological polar surface area (TPSA) is 79.1 Å². The number of nitrogens with one attached hydrogen (secondary N) is 2. The third kappa shape index (κ3) is 3.78. The van der Waals surface area contributed by atoms with E-state index in [0.717, 1.165) is 30.9 Å². The number of anilines is 2. The van der Waals surface area contributed by atoms with E-state index >= 15 is 0 Å². The second-order valence-electron chi connectivity index (χ2n) is 4.88. The summed E-state index contributed by atoms with van der Waals surface area (Å²) in [4.78, 5) is 10.9. The molecule has 1 aromatic rings. The van der Waals surface area contributed by atoms with E-state index in [1.54, 1.807) is 0 Å². The molecule has 0 atom stereocenters. The molecule has 1 fully saturated rings. The molecule has 2 heterocycles. The molecule has 1 saturated heterocycles. The zero-order valence-corrected chi connectivity index (χ0v) is 11.7. The molecule has 6 heteroatoms. The summed E-state index contributed by atoms with van der Waals surface area (Å²) in [5, 5.41) is 3.40. The molecule has 6 nitrogen and oxygen atoms in total. The van der Waals surface area contributed by atoms with Crippen molar-refractivity contribution in [1.82, 2.24) is 14.9 Å². The molecule has 1 aliphatic rings. The van der Waals surface area contributed by atoms with Crippen LogP contribution in [0.3, 0.4) is 0 Å². The second-order valence-corrected chi connectivity index (χ2v) is 4.88. The van der Waals surface area contributed by atoms with Crippen molar-refractivity contribution in [2.45, 2.75) is 32.6 Å². The molecule has 2 rings (SSSR count). The van der Waals surface area contributed by atoms with Gasteiger partial charge in [0.1, 0.15) is 18.0 Å². The van der Waals surface area contributed by atoms with E-state index in [1.807, 2.05) is 0 Å². The third-order valence-corrected chi connectivity index (χ3v) is 3.60. The summed E-state index contributed by atoms with van der Waals surface area (Å²) in [5.74, 6) is 7.06. The van der Waals surface area contributed by atoms with Crippen LogP contribution in [0.25, 0.3) is 0 Å². The molecule has 0 amide bonds. The number of hydrazine groups is 1. The van der Waals surface area contributed by atoms with Crippen molar-refractivity contribution in [3.8, 4) is 0 Å². The first kappa shape index (κ1) is 14.0. The highest BCUT2D eigenvalue weighted by Gasteiger charge is 2.11. The maximum atomic E-state index is 5.46. The molecule has 0 radical (unpaired) electrons. The molecule has 19 heavy (non-hydrogen) atoms. The number of aromatic nitrogens is 2. The van der Waals surface area contributed by atoms with Gasteiger partial charge in [0.2, 0.25) is 0 Å². The summed E-state index contributed by atoms with van der Waals surface area (Å²) in [6.07, 6.45) is 6.43. The average molecular weight is 264 g/mol. The first-order valence-corrected chi connectivity index (χ1v) is 7.12. The zero-order valence-electron chi connectivity index (χ0n) is 11.7. The van der Waals surface area contributed by atoms with Crippen LogP contribution in [0, 0.1) is 0 Å². The Balaban J connectivity index is 1.88. The second kappa shape index (κ2) is 7.25. The predicted molar refractivity (Wildman–Crippen MR) is 78.0 cm³/mol. The van der Waals surface area contributed by atoms with Gasteiger partial charge in [-0.05, 0) is 32.4 Å². The largest absolute Gasteiger partial charge is 0.368 e. The molecule has 1 aliphatic heterocycles. The maximum absolute atomic E-state index is 5.46. The Labute approximate surface area is 114 Å². The van der Waals surface area contributed by atoms with E-state index in [2.05, 4.69) is 32.5 Å². The average Bonchev–Trinajstić information content (AvgIpc) is 2.48. The molecule has 0 saturated carbocycles. The molecule has 0 aromatic carbocycles. The molecule has 4 N–H and O–H groups in total. The van der Waals surface area contributed by atoms with Gasteiger partial charge in [-0.15, -0.1) is 0 Å². The standard InChI is InChI=1S/C13H24N6/c1-2-11-12(16-10-17-13(11)18-14)15-6-9-19-7-4-3-5-8-19/h10H,2-9,14H2,1H3,(H2,15,16,17,18). The van der Waals surface area contributed by atoms with Crippen molar-refractivity contribution in [2.24, 2.45) is 5.84 Å². The summed E-state index contributed by atoms with van der Waals surface area (Å²) in [6.45, 7) is 6.51. The van der Waals surface area contributed by atoms with Crippen LogP contribution in [0.2, 0.25) is 0 Å².